The molecule has 0 unspecified atom stereocenters. The van der Waals surface area contributed by atoms with Gasteiger partial charge in [0.05, 0.1) is 27.1 Å². The van der Waals surface area contributed by atoms with Crippen LogP contribution in [0.1, 0.15) is 0 Å². The summed E-state index contributed by atoms with van der Waals surface area (Å²) >= 11 is 1.88. The van der Waals surface area contributed by atoms with Gasteiger partial charge in [-0.05, 0) is 41.5 Å². The van der Waals surface area contributed by atoms with E-state index in [1.165, 1.54) is 42.5 Å². The molecule has 3 nitrogen and oxygen atoms in total. The van der Waals surface area contributed by atoms with E-state index >= 15 is 0 Å². The zero-order valence-electron chi connectivity index (χ0n) is 24.8. The van der Waals surface area contributed by atoms with Gasteiger partial charge in [0.1, 0.15) is 0 Å². The second-order valence-corrected chi connectivity index (χ2v) is 12.4. The lowest BCUT2D eigenvalue weighted by Gasteiger charge is -2.11. The molecule has 3 aromatic heterocycles. The first-order valence-electron chi connectivity index (χ1n) is 15.4. The Morgan fingerprint density at radius 1 is 0.435 bits per heavy atom. The summed E-state index contributed by atoms with van der Waals surface area (Å²) in [5.41, 5.74) is 11.0. The molecule has 0 N–H and O–H groups in total. The molecule has 3 heterocycles. The number of benzene rings is 6. The Labute approximate surface area is 270 Å². The van der Waals surface area contributed by atoms with Gasteiger partial charge in [0, 0.05) is 37.9 Å². The van der Waals surface area contributed by atoms with Gasteiger partial charge < -0.3 is 4.57 Å². The Hall–Kier alpha value is -5.84. The van der Waals surface area contributed by atoms with Crippen molar-refractivity contribution in [3.05, 3.63) is 164 Å². The molecule has 216 valence electrons. The summed E-state index contributed by atoms with van der Waals surface area (Å²) in [5, 5.41) is 2.54. The fourth-order valence-corrected chi connectivity index (χ4v) is 7.84. The molecule has 0 amide bonds. The molecule has 0 saturated heterocycles. The lowest BCUT2D eigenvalue weighted by atomic mass is 10.0. The van der Waals surface area contributed by atoms with Crippen LogP contribution in [0, 0.1) is 0 Å². The lowest BCUT2D eigenvalue weighted by molar-refractivity contribution is 1.18. The van der Waals surface area contributed by atoms with Crippen molar-refractivity contribution < 1.29 is 0 Å². The molecule has 6 aromatic carbocycles. The third-order valence-corrected chi connectivity index (χ3v) is 9.88. The maximum Gasteiger partial charge on any atom is 0.160 e. The van der Waals surface area contributed by atoms with Crippen LogP contribution in [0.5, 0.6) is 0 Å². The van der Waals surface area contributed by atoms with Crippen LogP contribution in [-0.2, 0) is 0 Å². The molecule has 0 atom stereocenters. The number of aromatic nitrogens is 3. The van der Waals surface area contributed by atoms with E-state index in [0.29, 0.717) is 5.82 Å². The van der Waals surface area contributed by atoms with E-state index in [1.54, 1.807) is 0 Å². The first kappa shape index (κ1) is 26.6. The van der Waals surface area contributed by atoms with E-state index in [9.17, 15) is 0 Å². The van der Waals surface area contributed by atoms with Crippen molar-refractivity contribution >= 4 is 42.5 Å². The summed E-state index contributed by atoms with van der Waals surface area (Å²) in [6, 6.07) is 57.5. The summed E-state index contributed by atoms with van der Waals surface area (Å²) in [5.74, 6) is 0.715. The van der Waals surface area contributed by atoms with Gasteiger partial charge in [-0.3, -0.25) is 0 Å². The number of fused-ring (bicyclic) bond motifs is 5. The summed E-state index contributed by atoms with van der Waals surface area (Å²) < 4.78 is 5.01. The topological polar surface area (TPSA) is 30.7 Å². The maximum atomic E-state index is 5.09. The smallest absolute Gasteiger partial charge is 0.160 e. The van der Waals surface area contributed by atoms with Crippen molar-refractivity contribution in [3.63, 3.8) is 0 Å². The van der Waals surface area contributed by atoms with Crippen LogP contribution in [0.4, 0.5) is 0 Å². The molecular weight excluding hydrogens is 579 g/mol. The van der Waals surface area contributed by atoms with Crippen LogP contribution in [0.15, 0.2) is 164 Å². The third-order valence-electron chi connectivity index (χ3n) is 8.61. The minimum Gasteiger partial charge on any atom is -0.308 e. The Morgan fingerprint density at radius 2 is 1.00 bits per heavy atom. The summed E-state index contributed by atoms with van der Waals surface area (Å²) in [7, 11) is 0. The highest BCUT2D eigenvalue weighted by Gasteiger charge is 2.20. The number of hydrogen-bond acceptors (Lipinski definition) is 3. The van der Waals surface area contributed by atoms with Crippen LogP contribution in [0.2, 0.25) is 0 Å². The standard InChI is InChI=1S/C42H27N3S/c1-4-14-28(15-5-1)36-27-37(29-16-6-2-7-17-29)44-42(43-36)31-19-12-18-30(26-31)33-23-13-24-35-39-41(46-40(33)35)34-22-10-11-25-38(34)45(39)32-20-8-3-9-21-32/h1-27H. The predicted molar refractivity (Wildman–Crippen MR) is 193 cm³/mol. The highest BCUT2D eigenvalue weighted by molar-refractivity contribution is 7.27. The Morgan fingerprint density at radius 3 is 1.72 bits per heavy atom. The minimum absolute atomic E-state index is 0.715. The molecule has 4 heteroatoms. The minimum atomic E-state index is 0.715. The van der Waals surface area contributed by atoms with Crippen LogP contribution in [-0.4, -0.2) is 14.5 Å². The first-order valence-corrected chi connectivity index (χ1v) is 16.2. The van der Waals surface area contributed by atoms with Gasteiger partial charge >= 0.3 is 0 Å². The van der Waals surface area contributed by atoms with Gasteiger partial charge in [-0.25, -0.2) is 9.97 Å². The number of hydrogen-bond donors (Lipinski definition) is 0. The largest absolute Gasteiger partial charge is 0.308 e. The molecule has 0 aliphatic heterocycles. The van der Waals surface area contributed by atoms with E-state index in [1.807, 2.05) is 23.5 Å². The molecule has 0 fully saturated rings. The Bertz CT molecular complexity index is 2460. The van der Waals surface area contributed by atoms with E-state index in [2.05, 4.69) is 156 Å². The van der Waals surface area contributed by atoms with E-state index < -0.39 is 0 Å². The van der Waals surface area contributed by atoms with Crippen molar-refractivity contribution in [3.8, 4) is 50.7 Å². The van der Waals surface area contributed by atoms with Crippen molar-refractivity contribution in [1.29, 1.82) is 0 Å². The van der Waals surface area contributed by atoms with Crippen molar-refractivity contribution in [2.24, 2.45) is 0 Å². The van der Waals surface area contributed by atoms with Crippen molar-refractivity contribution in [2.45, 2.75) is 0 Å². The molecule has 46 heavy (non-hydrogen) atoms. The second-order valence-electron chi connectivity index (χ2n) is 11.4. The molecule has 0 spiro atoms. The summed E-state index contributed by atoms with van der Waals surface area (Å²) in [6.07, 6.45) is 0. The summed E-state index contributed by atoms with van der Waals surface area (Å²) in [4.78, 5) is 10.2. The average molecular weight is 606 g/mol. The maximum absolute atomic E-state index is 5.09. The molecule has 0 bridgehead atoms. The van der Waals surface area contributed by atoms with E-state index in [4.69, 9.17) is 9.97 Å². The van der Waals surface area contributed by atoms with Gasteiger partial charge in [-0.2, -0.15) is 0 Å². The summed E-state index contributed by atoms with van der Waals surface area (Å²) in [6.45, 7) is 0. The number of rotatable bonds is 5. The van der Waals surface area contributed by atoms with Gasteiger partial charge in [0.25, 0.3) is 0 Å². The van der Waals surface area contributed by atoms with E-state index in [-0.39, 0.29) is 0 Å². The molecule has 0 aliphatic carbocycles. The normalized spacial score (nSPS) is 11.5. The monoisotopic (exact) mass is 605 g/mol. The predicted octanol–water partition coefficient (Wildman–Crippen LogP) is 11.5. The number of thiophene rings is 1. The van der Waals surface area contributed by atoms with Gasteiger partial charge in [0.15, 0.2) is 5.82 Å². The second kappa shape index (κ2) is 11.0. The first-order chi connectivity index (χ1) is 22.8. The zero-order chi connectivity index (χ0) is 30.5. The van der Waals surface area contributed by atoms with Crippen LogP contribution in [0.3, 0.4) is 0 Å². The third kappa shape index (κ3) is 4.42. The molecule has 9 rings (SSSR count). The van der Waals surface area contributed by atoms with Gasteiger partial charge in [0.2, 0.25) is 0 Å². The van der Waals surface area contributed by atoms with Gasteiger partial charge in [-0.15, -0.1) is 11.3 Å². The van der Waals surface area contributed by atoms with Gasteiger partial charge in [-0.1, -0.05) is 133 Å². The number of para-hydroxylation sites is 2. The Balaban J connectivity index is 1.23. The molecule has 0 radical (unpaired) electrons. The fourth-order valence-electron chi connectivity index (χ4n) is 6.48. The molecular formula is C42H27N3S. The fraction of sp³-hybridized carbons (Fsp3) is 0. The van der Waals surface area contributed by atoms with Crippen LogP contribution < -0.4 is 0 Å². The zero-order valence-corrected chi connectivity index (χ0v) is 25.7. The van der Waals surface area contributed by atoms with Crippen LogP contribution >= 0.6 is 11.3 Å². The Kier molecular flexibility index (Phi) is 6.32. The quantitative estimate of drug-likeness (QED) is 0.195. The lowest BCUT2D eigenvalue weighted by Crippen LogP contribution is -1.96. The molecule has 0 saturated carbocycles. The number of nitrogens with zero attached hydrogens (tertiary/aromatic N) is 3. The molecule has 9 aromatic rings. The highest BCUT2D eigenvalue weighted by Crippen LogP contribution is 2.45. The van der Waals surface area contributed by atoms with E-state index in [0.717, 1.165) is 33.6 Å². The average Bonchev–Trinajstić information content (AvgIpc) is 3.67. The SMILES string of the molecule is c1ccc(-c2cc(-c3ccccc3)nc(-c3cccc(-c4cccc5c4sc4c6ccccc6n(-c6ccccc6)c54)c3)n2)cc1. The highest BCUT2D eigenvalue weighted by atomic mass is 32.1. The molecule has 0 aliphatic rings. The van der Waals surface area contributed by atoms with Crippen LogP contribution in [0.25, 0.3) is 81.9 Å². The van der Waals surface area contributed by atoms with Crippen molar-refractivity contribution in [1.82, 2.24) is 14.5 Å². The van der Waals surface area contributed by atoms with Crippen molar-refractivity contribution in [2.75, 3.05) is 0 Å².